The quantitative estimate of drug-likeness (QED) is 0.855. The Hall–Kier alpha value is -1.81. The van der Waals surface area contributed by atoms with Gasteiger partial charge in [-0.1, -0.05) is 18.2 Å². The molecule has 2 heterocycles. The zero-order chi connectivity index (χ0) is 13.5. The first-order valence-electron chi connectivity index (χ1n) is 6.55. The number of fused-ring (bicyclic) bond motifs is 1. The molecule has 1 saturated heterocycles. The molecule has 3 rings (SSSR count). The number of likely N-dealkylation sites (tertiary alicyclic amines) is 1. The van der Waals surface area contributed by atoms with Crippen LogP contribution in [-0.4, -0.2) is 34.6 Å². The van der Waals surface area contributed by atoms with Crippen molar-refractivity contribution in [3.05, 3.63) is 36.1 Å². The number of benzene rings is 1. The van der Waals surface area contributed by atoms with Gasteiger partial charge in [-0.25, -0.2) is 0 Å². The van der Waals surface area contributed by atoms with Crippen LogP contribution in [0.15, 0.2) is 34.7 Å². The standard InChI is InChI=1S/C15H17NO3/c1-15(18)6-8-16(9-7-15)14(17)13-10-11-4-2-3-5-12(11)19-13/h2-5,10,18H,6-9H2,1H3. The van der Waals surface area contributed by atoms with Crippen LogP contribution in [0.5, 0.6) is 0 Å². The van der Waals surface area contributed by atoms with Crippen molar-refractivity contribution in [2.45, 2.75) is 25.4 Å². The van der Waals surface area contributed by atoms with Gasteiger partial charge >= 0.3 is 0 Å². The lowest BCUT2D eigenvalue weighted by Crippen LogP contribution is -2.45. The summed E-state index contributed by atoms with van der Waals surface area (Å²) in [5, 5.41) is 10.8. The van der Waals surface area contributed by atoms with Crippen LogP contribution < -0.4 is 0 Å². The van der Waals surface area contributed by atoms with E-state index in [1.165, 1.54) is 0 Å². The van der Waals surface area contributed by atoms with E-state index >= 15 is 0 Å². The first kappa shape index (κ1) is 12.2. The van der Waals surface area contributed by atoms with Gasteiger partial charge in [-0.15, -0.1) is 0 Å². The van der Waals surface area contributed by atoms with Crippen LogP contribution in [0.25, 0.3) is 11.0 Å². The second kappa shape index (κ2) is 4.38. The summed E-state index contributed by atoms with van der Waals surface area (Å²) in [4.78, 5) is 14.1. The Morgan fingerprint density at radius 3 is 2.68 bits per heavy atom. The summed E-state index contributed by atoms with van der Waals surface area (Å²) in [5.74, 6) is 0.287. The summed E-state index contributed by atoms with van der Waals surface area (Å²) in [7, 11) is 0. The lowest BCUT2D eigenvalue weighted by Gasteiger charge is -2.35. The molecule has 0 saturated carbocycles. The fraction of sp³-hybridized carbons (Fsp3) is 0.400. The summed E-state index contributed by atoms with van der Waals surface area (Å²) < 4.78 is 5.58. The van der Waals surface area contributed by atoms with E-state index in [9.17, 15) is 9.90 Å². The first-order chi connectivity index (χ1) is 9.05. The number of carbonyl (C=O) groups excluding carboxylic acids is 1. The van der Waals surface area contributed by atoms with Crippen molar-refractivity contribution in [2.24, 2.45) is 0 Å². The third kappa shape index (κ3) is 2.36. The van der Waals surface area contributed by atoms with Crippen molar-refractivity contribution in [1.82, 2.24) is 4.90 Å². The average Bonchev–Trinajstić information content (AvgIpc) is 2.81. The summed E-state index contributed by atoms with van der Waals surface area (Å²) in [6.07, 6.45) is 1.22. The van der Waals surface area contributed by atoms with E-state index in [0.29, 0.717) is 31.7 Å². The van der Waals surface area contributed by atoms with E-state index in [0.717, 1.165) is 11.0 Å². The zero-order valence-corrected chi connectivity index (χ0v) is 10.9. The Kier molecular flexibility index (Phi) is 2.82. The van der Waals surface area contributed by atoms with Crippen molar-refractivity contribution in [2.75, 3.05) is 13.1 Å². The summed E-state index contributed by atoms with van der Waals surface area (Å²) in [5.41, 5.74) is 0.0832. The monoisotopic (exact) mass is 259 g/mol. The number of carbonyl (C=O) groups is 1. The van der Waals surface area contributed by atoms with E-state index in [1.54, 1.807) is 11.0 Å². The predicted molar refractivity (Wildman–Crippen MR) is 72.0 cm³/mol. The van der Waals surface area contributed by atoms with Crippen molar-refractivity contribution in [3.8, 4) is 0 Å². The van der Waals surface area contributed by atoms with Crippen LogP contribution in [0.3, 0.4) is 0 Å². The highest BCUT2D eigenvalue weighted by molar-refractivity contribution is 5.96. The fourth-order valence-corrected chi connectivity index (χ4v) is 2.43. The number of furan rings is 1. The SMILES string of the molecule is CC1(O)CCN(C(=O)c2cc3ccccc3o2)CC1. The lowest BCUT2D eigenvalue weighted by molar-refractivity contribution is -0.00282. The van der Waals surface area contributed by atoms with Crippen LogP contribution in [0.4, 0.5) is 0 Å². The minimum atomic E-state index is -0.648. The number of hydrogen-bond acceptors (Lipinski definition) is 3. The van der Waals surface area contributed by atoms with Crippen LogP contribution >= 0.6 is 0 Å². The summed E-state index contributed by atoms with van der Waals surface area (Å²) >= 11 is 0. The molecule has 4 heteroatoms. The Morgan fingerprint density at radius 1 is 1.32 bits per heavy atom. The second-order valence-electron chi connectivity index (χ2n) is 5.44. The van der Waals surface area contributed by atoms with Gasteiger partial charge in [0, 0.05) is 18.5 Å². The van der Waals surface area contributed by atoms with Crippen molar-refractivity contribution >= 4 is 16.9 Å². The maximum Gasteiger partial charge on any atom is 0.289 e. The number of hydrogen-bond donors (Lipinski definition) is 1. The molecule has 1 aliphatic heterocycles. The minimum absolute atomic E-state index is 0.0910. The van der Waals surface area contributed by atoms with Crippen molar-refractivity contribution < 1.29 is 14.3 Å². The largest absolute Gasteiger partial charge is 0.451 e. The molecule has 0 unspecified atom stereocenters. The van der Waals surface area contributed by atoms with E-state index in [2.05, 4.69) is 0 Å². The number of amides is 1. The molecular weight excluding hydrogens is 242 g/mol. The average molecular weight is 259 g/mol. The molecule has 19 heavy (non-hydrogen) atoms. The number of para-hydroxylation sites is 1. The number of aliphatic hydroxyl groups is 1. The van der Waals surface area contributed by atoms with Crippen molar-refractivity contribution in [1.29, 1.82) is 0 Å². The molecule has 1 amide bonds. The predicted octanol–water partition coefficient (Wildman–Crippen LogP) is 2.42. The minimum Gasteiger partial charge on any atom is -0.451 e. The highest BCUT2D eigenvalue weighted by atomic mass is 16.3. The summed E-state index contributed by atoms with van der Waals surface area (Å²) in [6.45, 7) is 2.96. The van der Waals surface area contributed by atoms with Gasteiger partial charge in [0.1, 0.15) is 5.58 Å². The molecule has 1 aromatic heterocycles. The van der Waals surface area contributed by atoms with Crippen molar-refractivity contribution in [3.63, 3.8) is 0 Å². The topological polar surface area (TPSA) is 53.7 Å². The van der Waals surface area contributed by atoms with Gasteiger partial charge in [-0.2, -0.15) is 0 Å². The maximum atomic E-state index is 12.3. The Balaban J connectivity index is 1.80. The van der Waals surface area contributed by atoms with Gasteiger partial charge in [-0.05, 0) is 31.9 Å². The Morgan fingerprint density at radius 2 is 2.00 bits per heavy atom. The molecule has 4 nitrogen and oxygen atoms in total. The molecule has 1 N–H and O–H groups in total. The zero-order valence-electron chi connectivity index (χ0n) is 10.9. The molecule has 0 radical (unpaired) electrons. The smallest absolute Gasteiger partial charge is 0.289 e. The number of nitrogens with zero attached hydrogens (tertiary/aromatic N) is 1. The van der Waals surface area contributed by atoms with Gasteiger partial charge in [0.15, 0.2) is 5.76 Å². The van der Waals surface area contributed by atoms with Gasteiger partial charge in [0.05, 0.1) is 5.60 Å². The van der Waals surface area contributed by atoms with Gasteiger partial charge in [0.25, 0.3) is 5.91 Å². The van der Waals surface area contributed by atoms with Gasteiger partial charge < -0.3 is 14.4 Å². The summed E-state index contributed by atoms with van der Waals surface area (Å²) in [6, 6.07) is 9.37. The normalized spacial score (nSPS) is 18.7. The third-order valence-corrected chi connectivity index (χ3v) is 3.76. The number of rotatable bonds is 1. The highest BCUT2D eigenvalue weighted by Gasteiger charge is 2.31. The van der Waals surface area contributed by atoms with E-state index in [4.69, 9.17) is 4.42 Å². The van der Waals surface area contributed by atoms with E-state index in [-0.39, 0.29) is 5.91 Å². The van der Waals surface area contributed by atoms with Crippen LogP contribution in [0.1, 0.15) is 30.3 Å². The highest BCUT2D eigenvalue weighted by Crippen LogP contribution is 2.24. The fourth-order valence-electron chi connectivity index (χ4n) is 2.43. The van der Waals surface area contributed by atoms with Gasteiger partial charge in [-0.3, -0.25) is 4.79 Å². The molecular formula is C15H17NO3. The molecule has 0 spiro atoms. The molecule has 0 bridgehead atoms. The second-order valence-corrected chi connectivity index (χ2v) is 5.44. The number of piperidine rings is 1. The third-order valence-electron chi connectivity index (χ3n) is 3.76. The molecule has 0 atom stereocenters. The molecule has 1 fully saturated rings. The molecule has 1 aliphatic rings. The lowest BCUT2D eigenvalue weighted by atomic mass is 9.94. The molecule has 2 aromatic rings. The Bertz CT molecular complexity index is 572. The molecule has 1 aromatic carbocycles. The Labute approximate surface area is 111 Å². The van der Waals surface area contributed by atoms with Crippen LogP contribution in [0.2, 0.25) is 0 Å². The first-order valence-corrected chi connectivity index (χ1v) is 6.55. The maximum absolute atomic E-state index is 12.3. The van der Waals surface area contributed by atoms with E-state index in [1.807, 2.05) is 31.2 Å². The molecule has 0 aliphatic carbocycles. The van der Waals surface area contributed by atoms with Crippen LogP contribution in [-0.2, 0) is 0 Å². The molecule has 100 valence electrons. The van der Waals surface area contributed by atoms with Crippen LogP contribution in [0, 0.1) is 0 Å². The van der Waals surface area contributed by atoms with E-state index < -0.39 is 5.60 Å². The van der Waals surface area contributed by atoms with Gasteiger partial charge in [0.2, 0.25) is 0 Å².